The topological polar surface area (TPSA) is 78.8 Å². The highest BCUT2D eigenvalue weighted by atomic mass is 32.2. The van der Waals surface area contributed by atoms with Crippen LogP contribution in [0.4, 0.5) is 0 Å². The molecule has 2 heterocycles. The number of methoxy groups -OCH3 is 1. The number of H-pyrrole nitrogens is 1. The van der Waals surface area contributed by atoms with Gasteiger partial charge < -0.3 is 9.72 Å². The molecule has 0 amide bonds. The summed E-state index contributed by atoms with van der Waals surface area (Å²) in [6.45, 7) is 2.08. The van der Waals surface area contributed by atoms with Gasteiger partial charge in [-0.1, -0.05) is 30.8 Å². The molecule has 7 heteroatoms. The molecule has 0 bridgehead atoms. The quantitative estimate of drug-likeness (QED) is 0.365. The van der Waals surface area contributed by atoms with Gasteiger partial charge in [0.05, 0.1) is 18.6 Å². The van der Waals surface area contributed by atoms with Gasteiger partial charge in [0.2, 0.25) is 0 Å². The normalized spacial score (nSPS) is 10.8. The van der Waals surface area contributed by atoms with Gasteiger partial charge in [0.15, 0.2) is 5.16 Å². The highest BCUT2D eigenvalue weighted by Gasteiger charge is 2.18. The van der Waals surface area contributed by atoms with Crippen molar-refractivity contribution in [3.63, 3.8) is 0 Å². The number of rotatable bonds is 7. The van der Waals surface area contributed by atoms with Crippen LogP contribution >= 0.6 is 23.1 Å². The molecule has 0 atom stereocenters. The van der Waals surface area contributed by atoms with Gasteiger partial charge >= 0.3 is 0 Å². The first-order valence-corrected chi connectivity index (χ1v) is 10.2. The summed E-state index contributed by atoms with van der Waals surface area (Å²) in [4.78, 5) is 22.2. The summed E-state index contributed by atoms with van der Waals surface area (Å²) in [5, 5.41) is 9.87. The number of hydrogen-bond donors (Lipinski definition) is 1. The van der Waals surface area contributed by atoms with Crippen molar-refractivity contribution >= 4 is 33.3 Å². The minimum atomic E-state index is -0.119. The lowest BCUT2D eigenvalue weighted by Gasteiger charge is -2.06. The van der Waals surface area contributed by atoms with E-state index in [1.165, 1.54) is 11.8 Å². The Morgan fingerprint density at radius 3 is 3.00 bits per heavy atom. The van der Waals surface area contributed by atoms with Crippen LogP contribution in [0.5, 0.6) is 5.75 Å². The maximum absolute atomic E-state index is 12.8. The standard InChI is InChI=1S/C19H19N3O2S2/c1-3-14-15(12-7-6-8-13(11-12)24-2)16-17(23)21-19(22-18(16)26-14)25-10-5-4-9-20/h6-8,11H,3-5,10H2,1-2H3,(H,21,22,23). The number of unbranched alkanes of at least 4 members (excludes halogenated alkanes) is 1. The van der Waals surface area contributed by atoms with E-state index in [-0.39, 0.29) is 5.56 Å². The van der Waals surface area contributed by atoms with E-state index < -0.39 is 0 Å². The summed E-state index contributed by atoms with van der Waals surface area (Å²) in [7, 11) is 1.63. The molecule has 0 aliphatic rings. The average Bonchev–Trinajstić information content (AvgIpc) is 3.04. The Morgan fingerprint density at radius 1 is 1.42 bits per heavy atom. The first kappa shape index (κ1) is 18.5. The van der Waals surface area contributed by atoms with Gasteiger partial charge in [-0.2, -0.15) is 5.26 Å². The van der Waals surface area contributed by atoms with E-state index in [0.29, 0.717) is 17.0 Å². The Bertz CT molecular complexity index is 1020. The first-order valence-electron chi connectivity index (χ1n) is 8.37. The average molecular weight is 386 g/mol. The number of aromatic amines is 1. The van der Waals surface area contributed by atoms with Crippen molar-refractivity contribution < 1.29 is 4.74 Å². The zero-order valence-corrected chi connectivity index (χ0v) is 16.3. The van der Waals surface area contributed by atoms with E-state index in [9.17, 15) is 4.79 Å². The molecule has 0 aliphatic heterocycles. The van der Waals surface area contributed by atoms with E-state index in [2.05, 4.69) is 23.0 Å². The second-order valence-electron chi connectivity index (χ2n) is 5.65. The third kappa shape index (κ3) is 3.76. The van der Waals surface area contributed by atoms with Gasteiger partial charge in [0.1, 0.15) is 10.6 Å². The molecule has 0 fully saturated rings. The number of fused-ring (bicyclic) bond motifs is 1. The number of thiophene rings is 1. The molecule has 1 aromatic carbocycles. The Hall–Kier alpha value is -2.30. The summed E-state index contributed by atoms with van der Waals surface area (Å²) < 4.78 is 5.33. The van der Waals surface area contributed by atoms with Crippen LogP contribution in [0.25, 0.3) is 21.3 Å². The van der Waals surface area contributed by atoms with Crippen molar-refractivity contribution in [1.29, 1.82) is 5.26 Å². The van der Waals surface area contributed by atoms with Crippen molar-refractivity contribution in [2.75, 3.05) is 12.9 Å². The number of aromatic nitrogens is 2. The number of nitrogens with one attached hydrogen (secondary N) is 1. The number of benzene rings is 1. The van der Waals surface area contributed by atoms with E-state index in [1.54, 1.807) is 18.4 Å². The van der Waals surface area contributed by atoms with Gasteiger partial charge in [-0.25, -0.2) is 4.98 Å². The molecule has 0 spiro atoms. The highest BCUT2D eigenvalue weighted by Crippen LogP contribution is 2.38. The van der Waals surface area contributed by atoms with E-state index in [4.69, 9.17) is 10.00 Å². The fourth-order valence-electron chi connectivity index (χ4n) is 2.76. The number of nitrogens with zero attached hydrogens (tertiary/aromatic N) is 2. The Morgan fingerprint density at radius 2 is 2.27 bits per heavy atom. The lowest BCUT2D eigenvalue weighted by atomic mass is 10.0. The molecule has 0 radical (unpaired) electrons. The van der Waals surface area contributed by atoms with Gasteiger partial charge in [0, 0.05) is 22.6 Å². The molecule has 0 aliphatic carbocycles. The minimum Gasteiger partial charge on any atom is -0.497 e. The third-order valence-corrected chi connectivity index (χ3v) is 6.15. The molecule has 1 N–H and O–H groups in total. The van der Waals surface area contributed by atoms with Crippen LogP contribution in [0.1, 0.15) is 24.6 Å². The molecular formula is C19H19N3O2S2. The number of nitriles is 1. The molecule has 134 valence electrons. The maximum atomic E-state index is 12.8. The molecule has 2 aromatic heterocycles. The third-order valence-electron chi connectivity index (χ3n) is 3.96. The molecular weight excluding hydrogens is 366 g/mol. The van der Waals surface area contributed by atoms with Crippen LogP contribution in [0, 0.1) is 11.3 Å². The monoisotopic (exact) mass is 385 g/mol. The number of thioether (sulfide) groups is 1. The zero-order chi connectivity index (χ0) is 18.5. The van der Waals surface area contributed by atoms with Crippen molar-refractivity contribution in [3.8, 4) is 22.9 Å². The van der Waals surface area contributed by atoms with Crippen molar-refractivity contribution in [3.05, 3.63) is 39.5 Å². The predicted octanol–water partition coefficient (Wildman–Crippen LogP) is 4.62. The van der Waals surface area contributed by atoms with Crippen LogP contribution in [-0.2, 0) is 6.42 Å². The van der Waals surface area contributed by atoms with Crippen molar-refractivity contribution in [2.45, 2.75) is 31.3 Å². The second-order valence-corrected chi connectivity index (χ2v) is 7.81. The summed E-state index contributed by atoms with van der Waals surface area (Å²) in [6, 6.07) is 9.89. The Labute approximate surface area is 160 Å². The predicted molar refractivity (Wildman–Crippen MR) is 107 cm³/mol. The molecule has 3 aromatic rings. The molecule has 26 heavy (non-hydrogen) atoms. The minimum absolute atomic E-state index is 0.119. The zero-order valence-electron chi connectivity index (χ0n) is 14.7. The Balaban J connectivity index is 2.06. The largest absolute Gasteiger partial charge is 0.497 e. The smallest absolute Gasteiger partial charge is 0.260 e. The van der Waals surface area contributed by atoms with Gasteiger partial charge in [-0.05, 0) is 30.5 Å². The summed E-state index contributed by atoms with van der Waals surface area (Å²) >= 11 is 3.05. The lowest BCUT2D eigenvalue weighted by molar-refractivity contribution is 0.415. The van der Waals surface area contributed by atoms with Crippen molar-refractivity contribution in [2.24, 2.45) is 0 Å². The van der Waals surface area contributed by atoms with Crippen LogP contribution in [0.3, 0.4) is 0 Å². The fourth-order valence-corrected chi connectivity index (χ4v) is 4.75. The lowest BCUT2D eigenvalue weighted by Crippen LogP contribution is -2.09. The van der Waals surface area contributed by atoms with Crippen LogP contribution in [0.15, 0.2) is 34.2 Å². The maximum Gasteiger partial charge on any atom is 0.260 e. The fraction of sp³-hybridized carbons (Fsp3) is 0.316. The first-order chi connectivity index (χ1) is 12.7. The molecule has 0 saturated heterocycles. The highest BCUT2D eigenvalue weighted by molar-refractivity contribution is 7.99. The second kappa shape index (κ2) is 8.39. The summed E-state index contributed by atoms with van der Waals surface area (Å²) in [5.41, 5.74) is 1.79. The molecule has 0 saturated carbocycles. The van der Waals surface area contributed by atoms with Gasteiger partial charge in [-0.3, -0.25) is 4.79 Å². The van der Waals surface area contributed by atoms with Crippen molar-refractivity contribution in [1.82, 2.24) is 9.97 Å². The summed E-state index contributed by atoms with van der Waals surface area (Å²) in [6.07, 6.45) is 2.12. The number of aryl methyl sites for hydroxylation is 1. The van der Waals surface area contributed by atoms with Gasteiger partial charge in [-0.15, -0.1) is 11.3 Å². The Kier molecular flexibility index (Phi) is 5.96. The molecule has 3 rings (SSSR count). The van der Waals surface area contributed by atoms with E-state index >= 15 is 0 Å². The van der Waals surface area contributed by atoms with Gasteiger partial charge in [0.25, 0.3) is 5.56 Å². The summed E-state index contributed by atoms with van der Waals surface area (Å²) in [5.74, 6) is 1.52. The van der Waals surface area contributed by atoms with Crippen LogP contribution < -0.4 is 10.3 Å². The number of ether oxygens (including phenoxy) is 1. The van der Waals surface area contributed by atoms with E-state index in [1.807, 2.05) is 24.3 Å². The van der Waals surface area contributed by atoms with Crippen LogP contribution in [-0.4, -0.2) is 22.8 Å². The molecule has 0 unspecified atom stereocenters. The SMILES string of the molecule is CCc1sc2nc(SCCCC#N)[nH]c(=O)c2c1-c1cccc(OC)c1. The molecule has 5 nitrogen and oxygen atoms in total. The van der Waals surface area contributed by atoms with Crippen LogP contribution in [0.2, 0.25) is 0 Å². The van der Waals surface area contributed by atoms with E-state index in [0.717, 1.165) is 45.2 Å². The number of hydrogen-bond acceptors (Lipinski definition) is 6.